The molecule has 0 aliphatic carbocycles. The Morgan fingerprint density at radius 1 is 1.38 bits per heavy atom. The van der Waals surface area contributed by atoms with Crippen LogP contribution in [0.4, 0.5) is 18.0 Å². The highest BCUT2D eigenvalue weighted by atomic mass is 19.4. The van der Waals surface area contributed by atoms with Gasteiger partial charge in [0, 0.05) is 37.2 Å². The molecule has 1 unspecified atom stereocenters. The molecule has 0 aromatic carbocycles. The van der Waals surface area contributed by atoms with E-state index in [9.17, 15) is 18.0 Å². The highest BCUT2D eigenvalue weighted by Crippen LogP contribution is 2.35. The minimum Gasteiger partial charge on any atom is -0.334 e. The third-order valence-electron chi connectivity index (χ3n) is 3.63. The largest absolute Gasteiger partial charge is 0.413 e. The molecule has 130 valence electrons. The van der Waals surface area contributed by atoms with Crippen LogP contribution in [0.1, 0.15) is 28.6 Å². The number of halogens is 3. The second-order valence-corrected chi connectivity index (χ2v) is 5.37. The van der Waals surface area contributed by atoms with E-state index < -0.39 is 18.2 Å². The normalized spacial score (nSPS) is 12.8. The Morgan fingerprint density at radius 2 is 2.08 bits per heavy atom. The Kier molecular flexibility index (Phi) is 5.10. The second-order valence-electron chi connectivity index (χ2n) is 5.37. The number of aromatic nitrogens is 3. The third-order valence-corrected chi connectivity index (χ3v) is 3.63. The van der Waals surface area contributed by atoms with Gasteiger partial charge in [0.25, 0.3) is 0 Å². The first-order valence-electron chi connectivity index (χ1n) is 7.20. The van der Waals surface area contributed by atoms with E-state index in [1.54, 1.807) is 25.4 Å². The van der Waals surface area contributed by atoms with Crippen LogP contribution >= 0.6 is 0 Å². The van der Waals surface area contributed by atoms with Crippen molar-refractivity contribution in [1.29, 1.82) is 0 Å². The zero-order valence-electron chi connectivity index (χ0n) is 13.5. The van der Waals surface area contributed by atoms with Gasteiger partial charge in [-0.3, -0.25) is 9.67 Å². The average Bonchev–Trinajstić information content (AvgIpc) is 2.76. The van der Waals surface area contributed by atoms with Gasteiger partial charge in [0.2, 0.25) is 0 Å². The van der Waals surface area contributed by atoms with E-state index in [-0.39, 0.29) is 17.8 Å². The zero-order valence-corrected chi connectivity index (χ0v) is 13.5. The first-order chi connectivity index (χ1) is 11.2. The van der Waals surface area contributed by atoms with E-state index >= 15 is 0 Å². The number of aryl methyl sites for hydroxylation is 2. The van der Waals surface area contributed by atoms with Crippen LogP contribution in [-0.4, -0.2) is 27.0 Å². The van der Waals surface area contributed by atoms with Gasteiger partial charge in [-0.15, -0.1) is 0 Å². The standard InChI is InChI=1S/C15H18F3N5O/c1-9-12(10(2)23(3)22-9)13(15(16,17)18)21-14(24)20-8-11-5-4-6-19-7-11/h4-7,13H,8H2,1-3H3,(H2,20,21,24). The molecule has 0 spiro atoms. The molecule has 24 heavy (non-hydrogen) atoms. The van der Waals surface area contributed by atoms with E-state index in [0.717, 1.165) is 0 Å². The number of nitrogens with one attached hydrogen (secondary N) is 2. The SMILES string of the molecule is Cc1nn(C)c(C)c1C(NC(=O)NCc1cccnc1)C(F)(F)F. The van der Waals surface area contributed by atoms with Crippen molar-refractivity contribution in [3.8, 4) is 0 Å². The number of carbonyl (C=O) groups excluding carboxylic acids is 1. The zero-order chi connectivity index (χ0) is 17.9. The highest BCUT2D eigenvalue weighted by molar-refractivity contribution is 5.74. The molecule has 2 rings (SSSR count). The number of urea groups is 1. The van der Waals surface area contributed by atoms with Crippen molar-refractivity contribution in [1.82, 2.24) is 25.4 Å². The van der Waals surface area contributed by atoms with Crippen LogP contribution in [0.2, 0.25) is 0 Å². The summed E-state index contributed by atoms with van der Waals surface area (Å²) >= 11 is 0. The van der Waals surface area contributed by atoms with Crippen LogP contribution in [0.5, 0.6) is 0 Å². The monoisotopic (exact) mass is 341 g/mol. The maximum absolute atomic E-state index is 13.4. The molecule has 0 bridgehead atoms. The Balaban J connectivity index is 2.13. The third kappa shape index (κ3) is 4.03. The number of carbonyl (C=O) groups is 1. The molecule has 6 nitrogen and oxygen atoms in total. The van der Waals surface area contributed by atoms with Crippen molar-refractivity contribution in [2.75, 3.05) is 0 Å². The first-order valence-corrected chi connectivity index (χ1v) is 7.20. The predicted octanol–water partition coefficient (Wildman–Crippen LogP) is 2.53. The summed E-state index contributed by atoms with van der Waals surface area (Å²) in [5.41, 5.74) is 1.22. The fourth-order valence-electron chi connectivity index (χ4n) is 2.39. The molecule has 2 aromatic rings. The second kappa shape index (κ2) is 6.90. The van der Waals surface area contributed by atoms with E-state index in [4.69, 9.17) is 0 Å². The molecular weight excluding hydrogens is 323 g/mol. The van der Waals surface area contributed by atoms with Crippen molar-refractivity contribution >= 4 is 6.03 Å². The van der Waals surface area contributed by atoms with Crippen molar-refractivity contribution < 1.29 is 18.0 Å². The summed E-state index contributed by atoms with van der Waals surface area (Å²) in [5.74, 6) is 0. The molecule has 0 saturated carbocycles. The Hall–Kier alpha value is -2.58. The lowest BCUT2D eigenvalue weighted by Gasteiger charge is -2.22. The molecule has 0 aliphatic heterocycles. The molecule has 0 saturated heterocycles. The molecule has 1 atom stereocenters. The summed E-state index contributed by atoms with van der Waals surface area (Å²) in [6, 6.07) is 0.351. The van der Waals surface area contributed by atoms with Crippen molar-refractivity contribution in [3.63, 3.8) is 0 Å². The van der Waals surface area contributed by atoms with Crippen LogP contribution < -0.4 is 10.6 Å². The molecule has 9 heteroatoms. The van der Waals surface area contributed by atoms with E-state index in [1.165, 1.54) is 24.7 Å². The van der Waals surface area contributed by atoms with E-state index in [2.05, 4.69) is 15.4 Å². The maximum atomic E-state index is 13.4. The molecule has 2 aromatic heterocycles. The van der Waals surface area contributed by atoms with Crippen molar-refractivity contribution in [2.45, 2.75) is 32.6 Å². The number of amides is 2. The van der Waals surface area contributed by atoms with E-state index in [1.807, 2.05) is 5.32 Å². The van der Waals surface area contributed by atoms with Crippen LogP contribution in [0, 0.1) is 13.8 Å². The topological polar surface area (TPSA) is 71.8 Å². The van der Waals surface area contributed by atoms with Gasteiger partial charge in [-0.2, -0.15) is 18.3 Å². The highest BCUT2D eigenvalue weighted by Gasteiger charge is 2.44. The minimum atomic E-state index is -4.63. The van der Waals surface area contributed by atoms with Crippen LogP contribution in [0.25, 0.3) is 0 Å². The van der Waals surface area contributed by atoms with Gasteiger partial charge in [-0.05, 0) is 25.5 Å². The maximum Gasteiger partial charge on any atom is 0.413 e. The van der Waals surface area contributed by atoms with Gasteiger partial charge in [0.15, 0.2) is 6.04 Å². The minimum absolute atomic E-state index is 0.0403. The van der Waals surface area contributed by atoms with Gasteiger partial charge < -0.3 is 10.6 Å². The fraction of sp³-hybridized carbons (Fsp3) is 0.400. The Morgan fingerprint density at radius 3 is 2.58 bits per heavy atom. The summed E-state index contributed by atoms with van der Waals surface area (Å²) in [6.45, 7) is 3.09. The molecule has 2 amide bonds. The number of hydrogen-bond donors (Lipinski definition) is 2. The number of rotatable bonds is 4. The van der Waals surface area contributed by atoms with Gasteiger partial charge >= 0.3 is 12.2 Å². The molecule has 0 radical (unpaired) electrons. The van der Waals surface area contributed by atoms with Crippen LogP contribution in [0.3, 0.4) is 0 Å². The number of pyridine rings is 1. The summed E-state index contributed by atoms with van der Waals surface area (Å²) in [4.78, 5) is 15.8. The fourth-order valence-corrected chi connectivity index (χ4v) is 2.39. The molecule has 0 aliphatic rings. The summed E-state index contributed by atoms with van der Waals surface area (Å²) < 4.78 is 41.6. The lowest BCUT2D eigenvalue weighted by atomic mass is 10.0. The lowest BCUT2D eigenvalue weighted by molar-refractivity contribution is -0.155. The van der Waals surface area contributed by atoms with E-state index in [0.29, 0.717) is 11.3 Å². The average molecular weight is 341 g/mol. The van der Waals surface area contributed by atoms with Gasteiger partial charge in [0.1, 0.15) is 0 Å². The molecule has 2 N–H and O–H groups in total. The van der Waals surface area contributed by atoms with Crippen molar-refractivity contribution in [3.05, 3.63) is 47.0 Å². The summed E-state index contributed by atoms with van der Waals surface area (Å²) in [6.07, 6.45) is -1.54. The molecule has 2 heterocycles. The Bertz CT molecular complexity index is 712. The first kappa shape index (κ1) is 17.8. The van der Waals surface area contributed by atoms with Gasteiger partial charge in [-0.1, -0.05) is 6.07 Å². The van der Waals surface area contributed by atoms with Crippen LogP contribution in [0.15, 0.2) is 24.5 Å². The van der Waals surface area contributed by atoms with Gasteiger partial charge in [-0.25, -0.2) is 4.79 Å². The van der Waals surface area contributed by atoms with Gasteiger partial charge in [0.05, 0.1) is 5.69 Å². The number of alkyl halides is 3. The number of hydrogen-bond acceptors (Lipinski definition) is 3. The smallest absolute Gasteiger partial charge is 0.334 e. The summed E-state index contributed by atoms with van der Waals surface area (Å²) in [7, 11) is 1.56. The predicted molar refractivity (Wildman–Crippen MR) is 81.1 cm³/mol. The summed E-state index contributed by atoms with van der Waals surface area (Å²) in [5, 5.41) is 8.37. The van der Waals surface area contributed by atoms with Crippen LogP contribution in [-0.2, 0) is 13.6 Å². The quantitative estimate of drug-likeness (QED) is 0.898. The molecular formula is C15H18F3N5O. The Labute approximate surface area is 137 Å². The number of nitrogens with zero attached hydrogens (tertiary/aromatic N) is 3. The molecule has 0 fully saturated rings. The lowest BCUT2D eigenvalue weighted by Crippen LogP contribution is -2.43. The van der Waals surface area contributed by atoms with Crippen molar-refractivity contribution in [2.24, 2.45) is 7.05 Å².